The summed E-state index contributed by atoms with van der Waals surface area (Å²) in [7, 11) is 0. The molecular weight excluding hydrogens is 181 g/mol. The van der Waals surface area contributed by atoms with Crippen LogP contribution in [0.15, 0.2) is 30.3 Å². The van der Waals surface area contributed by atoms with Gasteiger partial charge in [-0.3, -0.25) is 10.1 Å². The summed E-state index contributed by atoms with van der Waals surface area (Å²) in [4.78, 5) is 9.59. The van der Waals surface area contributed by atoms with Crippen molar-refractivity contribution in [3.63, 3.8) is 0 Å². The second-order valence-electron chi connectivity index (χ2n) is 1.59. The Morgan fingerprint density at radius 2 is 1.64 bits per heavy atom. The predicted octanol–water partition coefficient (Wildman–Crippen LogP) is 1.64. The van der Waals surface area contributed by atoms with Crippen LogP contribution in [0.25, 0.3) is 0 Å². The van der Waals surface area contributed by atoms with Gasteiger partial charge in [-0.15, -0.1) is 12.4 Å². The molecule has 0 radical (unpaired) electrons. The molecule has 11 heavy (non-hydrogen) atoms. The van der Waals surface area contributed by atoms with E-state index in [0.717, 1.165) is 0 Å². The molecule has 0 atom stereocenters. The molecule has 0 aliphatic carbocycles. The molecule has 3 nitrogen and oxygen atoms in total. The van der Waals surface area contributed by atoms with Gasteiger partial charge in [-0.1, -0.05) is 18.2 Å². The number of nitro groups is 1. The van der Waals surface area contributed by atoms with Gasteiger partial charge in [0.25, 0.3) is 5.69 Å². The monoisotopic (exact) mass is 186 g/mol. The fourth-order valence-electron chi connectivity index (χ4n) is 0.550. The largest absolute Gasteiger partial charge is 3.00 e. The summed E-state index contributed by atoms with van der Waals surface area (Å²) >= 11 is 0. The zero-order valence-corrected chi connectivity index (χ0v) is 7.61. The molecule has 0 saturated carbocycles. The van der Waals surface area contributed by atoms with Crippen LogP contribution in [-0.4, -0.2) is 22.3 Å². The quantitative estimate of drug-likeness (QED) is 0.380. The van der Waals surface area contributed by atoms with E-state index >= 15 is 0 Å². The molecule has 54 valence electrons. The molecule has 0 amide bonds. The van der Waals surface area contributed by atoms with Crippen molar-refractivity contribution in [2.75, 3.05) is 0 Å². The SMILES string of the molecule is Cl.O=[N+]([O-])c1ccccc1.[Al+3]. The second-order valence-corrected chi connectivity index (χ2v) is 1.59. The number of nitrogens with zero attached hydrogens (tertiary/aromatic N) is 1. The van der Waals surface area contributed by atoms with Gasteiger partial charge in [0.2, 0.25) is 0 Å². The molecule has 5 heteroatoms. The van der Waals surface area contributed by atoms with Crippen molar-refractivity contribution in [3.05, 3.63) is 40.4 Å². The van der Waals surface area contributed by atoms with E-state index in [1.54, 1.807) is 18.2 Å². The van der Waals surface area contributed by atoms with E-state index in [9.17, 15) is 10.1 Å². The number of nitro benzene ring substituents is 1. The molecule has 0 N–H and O–H groups in total. The molecule has 0 aromatic heterocycles. The molecule has 1 aromatic carbocycles. The molecule has 0 fully saturated rings. The number of rotatable bonds is 1. The Balaban J connectivity index is 0. The molecule has 0 unspecified atom stereocenters. The average Bonchev–Trinajstić information content (AvgIpc) is 1.90. The summed E-state index contributed by atoms with van der Waals surface area (Å²) in [6, 6.07) is 7.93. The van der Waals surface area contributed by atoms with Crippen LogP contribution in [-0.2, 0) is 0 Å². The van der Waals surface area contributed by atoms with Crippen LogP contribution < -0.4 is 0 Å². The molecule has 0 saturated heterocycles. The zero-order chi connectivity index (χ0) is 6.69. The minimum Gasteiger partial charge on any atom is -0.258 e. The number of hydrogen-bond acceptors (Lipinski definition) is 2. The van der Waals surface area contributed by atoms with Crippen molar-refractivity contribution in [1.82, 2.24) is 0 Å². The van der Waals surface area contributed by atoms with Gasteiger partial charge < -0.3 is 0 Å². The van der Waals surface area contributed by atoms with Gasteiger partial charge in [0, 0.05) is 12.1 Å². The fourth-order valence-corrected chi connectivity index (χ4v) is 0.550. The Morgan fingerprint density at radius 3 is 1.91 bits per heavy atom. The van der Waals surface area contributed by atoms with Crippen LogP contribution in [0.4, 0.5) is 5.69 Å². The van der Waals surface area contributed by atoms with Crippen molar-refractivity contribution < 1.29 is 4.92 Å². The Bertz CT molecular complexity index is 217. The zero-order valence-electron chi connectivity index (χ0n) is 5.64. The summed E-state index contributed by atoms with van der Waals surface area (Å²) in [6.07, 6.45) is 0. The summed E-state index contributed by atoms with van der Waals surface area (Å²) < 4.78 is 0. The first kappa shape index (κ1) is 13.1. The molecule has 0 aliphatic heterocycles. The van der Waals surface area contributed by atoms with Crippen LogP contribution in [0.2, 0.25) is 0 Å². The minimum absolute atomic E-state index is 0. The van der Waals surface area contributed by atoms with E-state index in [2.05, 4.69) is 0 Å². The van der Waals surface area contributed by atoms with Gasteiger partial charge >= 0.3 is 17.4 Å². The predicted molar refractivity (Wildman–Crippen MR) is 46.1 cm³/mol. The molecule has 1 aromatic rings. The van der Waals surface area contributed by atoms with Gasteiger partial charge in [-0.25, -0.2) is 0 Å². The summed E-state index contributed by atoms with van der Waals surface area (Å²) in [5.74, 6) is 0. The molecular formula is C6H6AlClNO2+3. The smallest absolute Gasteiger partial charge is 0.258 e. The molecule has 0 spiro atoms. The first-order valence-electron chi connectivity index (χ1n) is 2.50. The Kier molecular flexibility index (Phi) is 7.33. The summed E-state index contributed by atoms with van der Waals surface area (Å²) in [6.45, 7) is 0. The third-order valence-corrected chi connectivity index (χ3v) is 0.967. The van der Waals surface area contributed by atoms with Crippen LogP contribution in [0.3, 0.4) is 0 Å². The molecule has 0 bridgehead atoms. The normalized spacial score (nSPS) is 7.27. The second kappa shape index (κ2) is 6.17. The average molecular weight is 187 g/mol. The van der Waals surface area contributed by atoms with Crippen molar-refractivity contribution in [2.24, 2.45) is 0 Å². The van der Waals surface area contributed by atoms with Crippen molar-refractivity contribution in [3.8, 4) is 0 Å². The fraction of sp³-hybridized carbons (Fsp3) is 0. The number of para-hydroxylation sites is 1. The van der Waals surface area contributed by atoms with E-state index in [-0.39, 0.29) is 35.5 Å². The Hall–Kier alpha value is -0.558. The number of benzene rings is 1. The van der Waals surface area contributed by atoms with E-state index in [4.69, 9.17) is 0 Å². The van der Waals surface area contributed by atoms with E-state index in [0.29, 0.717) is 0 Å². The third-order valence-electron chi connectivity index (χ3n) is 0.967. The summed E-state index contributed by atoms with van der Waals surface area (Å²) in [5, 5.41) is 10.0. The van der Waals surface area contributed by atoms with Crippen LogP contribution >= 0.6 is 12.4 Å². The van der Waals surface area contributed by atoms with Crippen molar-refractivity contribution in [1.29, 1.82) is 0 Å². The molecule has 1 rings (SSSR count). The maximum atomic E-state index is 10.0. The Morgan fingerprint density at radius 1 is 1.18 bits per heavy atom. The van der Waals surface area contributed by atoms with E-state index in [1.807, 2.05) is 0 Å². The summed E-state index contributed by atoms with van der Waals surface area (Å²) in [5.41, 5.74) is 0.137. The Labute approximate surface area is 81.1 Å². The van der Waals surface area contributed by atoms with Gasteiger partial charge in [-0.2, -0.15) is 0 Å². The topological polar surface area (TPSA) is 43.1 Å². The molecule has 0 heterocycles. The van der Waals surface area contributed by atoms with Gasteiger partial charge in [0.05, 0.1) is 4.92 Å². The van der Waals surface area contributed by atoms with Crippen LogP contribution in [0, 0.1) is 10.1 Å². The number of non-ortho nitro benzene ring substituents is 1. The standard InChI is InChI=1S/C6H5NO2.Al.ClH/c8-7(9)6-4-2-1-3-5-6;;/h1-5H;;1H/q;+3;. The number of hydrogen-bond donors (Lipinski definition) is 0. The van der Waals surface area contributed by atoms with Crippen molar-refractivity contribution in [2.45, 2.75) is 0 Å². The maximum absolute atomic E-state index is 10.0. The first-order chi connectivity index (χ1) is 4.30. The van der Waals surface area contributed by atoms with E-state index < -0.39 is 4.92 Å². The van der Waals surface area contributed by atoms with Gasteiger partial charge in [0.15, 0.2) is 0 Å². The number of halogens is 1. The molecule has 0 aliphatic rings. The van der Waals surface area contributed by atoms with Crippen molar-refractivity contribution >= 4 is 35.5 Å². The van der Waals surface area contributed by atoms with Gasteiger partial charge in [0.1, 0.15) is 0 Å². The van der Waals surface area contributed by atoms with Crippen LogP contribution in [0.5, 0.6) is 0 Å². The first-order valence-corrected chi connectivity index (χ1v) is 2.50. The minimum atomic E-state index is -0.417. The van der Waals surface area contributed by atoms with Gasteiger partial charge in [-0.05, 0) is 0 Å². The third kappa shape index (κ3) is 3.99. The van der Waals surface area contributed by atoms with E-state index in [1.165, 1.54) is 12.1 Å². The maximum Gasteiger partial charge on any atom is 3.00 e. The van der Waals surface area contributed by atoms with Crippen LogP contribution in [0.1, 0.15) is 0 Å².